The number of carbonyl (C=O) groups excluding carboxylic acids is 1. The van der Waals surface area contributed by atoms with Crippen molar-refractivity contribution in [2.45, 2.75) is 0 Å². The van der Waals surface area contributed by atoms with Gasteiger partial charge in [-0.3, -0.25) is 4.79 Å². The lowest BCUT2D eigenvalue weighted by molar-refractivity contribution is 0.0996. The van der Waals surface area contributed by atoms with E-state index >= 15 is 0 Å². The molecule has 2 fully saturated rings. The molecule has 1 saturated carbocycles. The summed E-state index contributed by atoms with van der Waals surface area (Å²) in [6.07, 6.45) is 0. The van der Waals surface area contributed by atoms with Crippen molar-refractivity contribution in [2.24, 2.45) is 29.2 Å². The average molecular weight is 393 g/mol. The monoisotopic (exact) mass is 392 g/mol. The quantitative estimate of drug-likeness (QED) is 0.727. The summed E-state index contributed by atoms with van der Waals surface area (Å²) in [5.41, 5.74) is 18.3. The van der Waals surface area contributed by atoms with Crippen LogP contribution in [0.25, 0.3) is 11.1 Å². The Hall–Kier alpha value is -2.09. The highest BCUT2D eigenvalue weighted by molar-refractivity contribution is 6.44. The SMILES string of the molecule is NC[C@@H]1[C@H]2CN(c3nc(N)c(-c4cccc(Cl)c4Cl)c(C(N)=O)n3)C[C@@H]12. The first-order valence-corrected chi connectivity index (χ1v) is 9.04. The molecule has 0 unspecified atom stereocenters. The van der Waals surface area contributed by atoms with Gasteiger partial charge in [0.15, 0.2) is 0 Å². The van der Waals surface area contributed by atoms with Crippen LogP contribution >= 0.6 is 23.2 Å². The summed E-state index contributed by atoms with van der Waals surface area (Å²) in [5, 5.41) is 0.614. The maximum absolute atomic E-state index is 12.0. The van der Waals surface area contributed by atoms with Crippen molar-refractivity contribution in [1.29, 1.82) is 0 Å². The van der Waals surface area contributed by atoms with Crippen LogP contribution in [0.1, 0.15) is 10.5 Å². The molecule has 2 heterocycles. The molecule has 1 aliphatic carbocycles. The number of halogens is 2. The lowest BCUT2D eigenvalue weighted by Crippen LogP contribution is -2.29. The molecular weight excluding hydrogens is 375 g/mol. The number of hydrogen-bond donors (Lipinski definition) is 3. The molecule has 1 aromatic carbocycles. The standard InChI is InChI=1S/C17H18Cl2N6O/c18-11-3-1-2-7(13(11)19)12-14(16(22)26)23-17(24-15(12)21)25-5-9-8(4-20)10(9)6-25/h1-3,8-10H,4-6,20H2,(H2,22,26)(H2,21,23,24)/t8-,9-,10+. The van der Waals surface area contributed by atoms with Crippen LogP contribution in [0.15, 0.2) is 18.2 Å². The number of piperidine rings is 1. The smallest absolute Gasteiger partial charge is 0.268 e. The van der Waals surface area contributed by atoms with Gasteiger partial charge in [0.05, 0.1) is 15.6 Å². The highest BCUT2D eigenvalue weighted by Crippen LogP contribution is 2.51. The summed E-state index contributed by atoms with van der Waals surface area (Å²) in [7, 11) is 0. The number of nitrogens with zero attached hydrogens (tertiary/aromatic N) is 3. The van der Waals surface area contributed by atoms with Gasteiger partial charge < -0.3 is 22.1 Å². The van der Waals surface area contributed by atoms with Gasteiger partial charge in [-0.2, -0.15) is 4.98 Å². The number of rotatable bonds is 4. The molecule has 26 heavy (non-hydrogen) atoms. The first-order valence-electron chi connectivity index (χ1n) is 8.29. The molecule has 136 valence electrons. The maximum atomic E-state index is 12.0. The van der Waals surface area contributed by atoms with Crippen LogP contribution in [-0.4, -0.2) is 35.5 Å². The van der Waals surface area contributed by atoms with Crippen molar-refractivity contribution in [3.63, 3.8) is 0 Å². The number of hydrogen-bond acceptors (Lipinski definition) is 6. The minimum Gasteiger partial charge on any atom is -0.383 e. The van der Waals surface area contributed by atoms with Crippen LogP contribution in [0.3, 0.4) is 0 Å². The van der Waals surface area contributed by atoms with E-state index < -0.39 is 5.91 Å². The number of fused-ring (bicyclic) bond motifs is 1. The molecule has 9 heteroatoms. The van der Waals surface area contributed by atoms with Gasteiger partial charge in [0.2, 0.25) is 5.95 Å². The van der Waals surface area contributed by atoms with Gasteiger partial charge in [0, 0.05) is 18.7 Å². The summed E-state index contributed by atoms with van der Waals surface area (Å²) in [5.74, 6) is 1.54. The van der Waals surface area contributed by atoms with Gasteiger partial charge in [0.25, 0.3) is 5.91 Å². The Kier molecular flexibility index (Phi) is 4.17. The van der Waals surface area contributed by atoms with Crippen molar-refractivity contribution in [3.05, 3.63) is 33.9 Å². The molecule has 1 aliphatic heterocycles. The second-order valence-corrected chi connectivity index (χ2v) is 7.52. The second-order valence-electron chi connectivity index (χ2n) is 6.73. The van der Waals surface area contributed by atoms with E-state index in [9.17, 15) is 4.79 Å². The number of nitrogen functional groups attached to an aromatic ring is 1. The number of primary amides is 1. The molecule has 0 bridgehead atoms. The van der Waals surface area contributed by atoms with Crippen LogP contribution < -0.4 is 22.1 Å². The van der Waals surface area contributed by atoms with Gasteiger partial charge in [-0.05, 0) is 30.4 Å². The lowest BCUT2D eigenvalue weighted by Gasteiger charge is -2.21. The predicted octanol–water partition coefficient (Wildman–Crippen LogP) is 1.77. The van der Waals surface area contributed by atoms with Crippen molar-refractivity contribution in [3.8, 4) is 11.1 Å². The minimum absolute atomic E-state index is 0.0348. The molecule has 0 radical (unpaired) electrons. The number of nitrogens with two attached hydrogens (primary N) is 3. The van der Waals surface area contributed by atoms with E-state index in [1.54, 1.807) is 18.2 Å². The zero-order valence-electron chi connectivity index (χ0n) is 13.8. The Bertz CT molecular complexity index is 893. The third-order valence-electron chi connectivity index (χ3n) is 5.31. The van der Waals surface area contributed by atoms with E-state index in [2.05, 4.69) is 9.97 Å². The normalized spacial score (nSPS) is 23.8. The van der Waals surface area contributed by atoms with Crippen molar-refractivity contribution < 1.29 is 4.79 Å². The maximum Gasteiger partial charge on any atom is 0.268 e. The fourth-order valence-electron chi connectivity index (χ4n) is 3.91. The number of aromatic nitrogens is 2. The molecule has 1 aromatic heterocycles. The predicted molar refractivity (Wildman–Crippen MR) is 102 cm³/mol. The number of benzene rings is 1. The molecule has 2 aliphatic rings. The van der Waals surface area contributed by atoms with E-state index in [0.29, 0.717) is 46.4 Å². The van der Waals surface area contributed by atoms with Gasteiger partial charge in [0.1, 0.15) is 11.5 Å². The number of anilines is 2. The fraction of sp³-hybridized carbons (Fsp3) is 0.353. The largest absolute Gasteiger partial charge is 0.383 e. The number of amides is 1. The summed E-state index contributed by atoms with van der Waals surface area (Å²) in [6.45, 7) is 2.31. The highest BCUT2D eigenvalue weighted by Gasteiger charge is 2.55. The second kappa shape index (κ2) is 6.26. The third kappa shape index (κ3) is 2.67. The molecular formula is C17H18Cl2N6O. The van der Waals surface area contributed by atoms with Crippen LogP contribution in [0.2, 0.25) is 10.0 Å². The van der Waals surface area contributed by atoms with Gasteiger partial charge >= 0.3 is 0 Å². The van der Waals surface area contributed by atoms with E-state index in [4.69, 9.17) is 40.4 Å². The topological polar surface area (TPSA) is 124 Å². The highest BCUT2D eigenvalue weighted by atomic mass is 35.5. The summed E-state index contributed by atoms with van der Waals surface area (Å²) in [4.78, 5) is 22.9. The zero-order chi connectivity index (χ0) is 18.6. The van der Waals surface area contributed by atoms with Crippen molar-refractivity contribution >= 4 is 40.9 Å². The molecule has 7 nitrogen and oxygen atoms in total. The van der Waals surface area contributed by atoms with E-state index in [0.717, 1.165) is 13.1 Å². The Morgan fingerprint density at radius 3 is 2.54 bits per heavy atom. The summed E-state index contributed by atoms with van der Waals surface area (Å²) < 4.78 is 0. The van der Waals surface area contributed by atoms with E-state index in [1.807, 2.05) is 4.90 Å². The van der Waals surface area contributed by atoms with Crippen LogP contribution in [0.5, 0.6) is 0 Å². The Morgan fingerprint density at radius 2 is 1.92 bits per heavy atom. The zero-order valence-corrected chi connectivity index (χ0v) is 15.3. The summed E-state index contributed by atoms with van der Waals surface area (Å²) >= 11 is 12.4. The molecule has 4 rings (SSSR count). The molecule has 2 aromatic rings. The first kappa shape index (κ1) is 17.3. The van der Waals surface area contributed by atoms with Crippen LogP contribution in [-0.2, 0) is 0 Å². The number of carbonyl (C=O) groups is 1. The van der Waals surface area contributed by atoms with E-state index in [1.165, 1.54) is 0 Å². The Balaban J connectivity index is 1.75. The van der Waals surface area contributed by atoms with Crippen LogP contribution in [0.4, 0.5) is 11.8 Å². The molecule has 1 saturated heterocycles. The minimum atomic E-state index is -0.699. The fourth-order valence-corrected chi connectivity index (χ4v) is 4.31. The van der Waals surface area contributed by atoms with Gasteiger partial charge in [-0.15, -0.1) is 0 Å². The van der Waals surface area contributed by atoms with Gasteiger partial charge in [-0.1, -0.05) is 35.3 Å². The molecule has 6 N–H and O–H groups in total. The molecule has 1 amide bonds. The van der Waals surface area contributed by atoms with Crippen molar-refractivity contribution in [1.82, 2.24) is 9.97 Å². The first-order chi connectivity index (χ1) is 12.4. The van der Waals surface area contributed by atoms with Crippen molar-refractivity contribution in [2.75, 3.05) is 30.3 Å². The Morgan fingerprint density at radius 1 is 1.23 bits per heavy atom. The third-order valence-corrected chi connectivity index (χ3v) is 6.12. The molecule has 0 spiro atoms. The van der Waals surface area contributed by atoms with Crippen LogP contribution in [0, 0.1) is 17.8 Å². The van der Waals surface area contributed by atoms with Gasteiger partial charge in [-0.25, -0.2) is 4.98 Å². The molecule has 3 atom stereocenters. The Labute approximate surface area is 160 Å². The summed E-state index contributed by atoms with van der Waals surface area (Å²) in [6, 6.07) is 5.06. The lowest BCUT2D eigenvalue weighted by atomic mass is 10.0. The average Bonchev–Trinajstić information content (AvgIpc) is 3.07. The van der Waals surface area contributed by atoms with E-state index in [-0.39, 0.29) is 16.5 Å².